The fourth-order valence-electron chi connectivity index (χ4n) is 3.75. The molecule has 0 amide bonds. The van der Waals surface area contributed by atoms with Crippen LogP contribution in [0.1, 0.15) is 18.1 Å². The zero-order chi connectivity index (χ0) is 17.6. The SMILES string of the molecule is CCc1c(-c2ccc3c(C)cccc3c2N)ccc2c(N)nccc12. The number of nitrogens with zero attached hydrogens (tertiary/aromatic N) is 1. The summed E-state index contributed by atoms with van der Waals surface area (Å²) in [5.74, 6) is 0.570. The van der Waals surface area contributed by atoms with Crippen LogP contribution >= 0.6 is 0 Å². The Morgan fingerprint density at radius 2 is 1.56 bits per heavy atom. The van der Waals surface area contributed by atoms with E-state index in [0.29, 0.717) is 5.82 Å². The molecule has 0 fully saturated rings. The van der Waals surface area contributed by atoms with Crippen molar-refractivity contribution in [2.45, 2.75) is 20.3 Å². The normalized spacial score (nSPS) is 11.3. The molecule has 0 bridgehead atoms. The maximum atomic E-state index is 6.58. The van der Waals surface area contributed by atoms with Crippen molar-refractivity contribution in [1.29, 1.82) is 0 Å². The van der Waals surface area contributed by atoms with Gasteiger partial charge in [-0.05, 0) is 46.9 Å². The Balaban J connectivity index is 2.05. The molecule has 3 heteroatoms. The van der Waals surface area contributed by atoms with E-state index in [2.05, 4.69) is 55.2 Å². The van der Waals surface area contributed by atoms with Crippen molar-refractivity contribution in [3.63, 3.8) is 0 Å². The maximum Gasteiger partial charge on any atom is 0.131 e. The van der Waals surface area contributed by atoms with Crippen LogP contribution in [0.4, 0.5) is 11.5 Å². The Morgan fingerprint density at radius 1 is 0.800 bits per heavy atom. The zero-order valence-corrected chi connectivity index (χ0v) is 14.5. The first-order valence-corrected chi connectivity index (χ1v) is 8.56. The molecular formula is C22H21N3. The molecule has 0 unspecified atom stereocenters. The lowest BCUT2D eigenvalue weighted by atomic mass is 9.90. The molecule has 4 aromatic rings. The summed E-state index contributed by atoms with van der Waals surface area (Å²) in [7, 11) is 0. The van der Waals surface area contributed by atoms with Gasteiger partial charge in [0.25, 0.3) is 0 Å². The number of nitrogen functional groups attached to an aromatic ring is 2. The number of anilines is 2. The number of aryl methyl sites for hydroxylation is 2. The van der Waals surface area contributed by atoms with Crippen LogP contribution in [0, 0.1) is 6.92 Å². The minimum absolute atomic E-state index is 0.570. The Labute approximate surface area is 147 Å². The molecule has 0 aliphatic carbocycles. The third kappa shape index (κ3) is 2.31. The quantitative estimate of drug-likeness (QED) is 0.504. The van der Waals surface area contributed by atoms with Crippen molar-refractivity contribution in [2.75, 3.05) is 11.5 Å². The summed E-state index contributed by atoms with van der Waals surface area (Å²) in [6.07, 6.45) is 2.68. The Bertz CT molecular complexity index is 1110. The summed E-state index contributed by atoms with van der Waals surface area (Å²) < 4.78 is 0. The molecule has 0 spiro atoms. The number of pyridine rings is 1. The van der Waals surface area contributed by atoms with E-state index in [-0.39, 0.29) is 0 Å². The van der Waals surface area contributed by atoms with Crippen LogP contribution in [0.3, 0.4) is 0 Å². The standard InChI is InChI=1S/C22H21N3/c1-3-14-16(8-10-20-17(14)11-12-25-22(20)24)19-9-7-15-13(2)5-4-6-18(15)21(19)23/h4-12H,3,23H2,1-2H3,(H2,24,25). The van der Waals surface area contributed by atoms with E-state index in [1.54, 1.807) is 6.20 Å². The molecule has 124 valence electrons. The van der Waals surface area contributed by atoms with Crippen molar-refractivity contribution < 1.29 is 0 Å². The van der Waals surface area contributed by atoms with E-state index >= 15 is 0 Å². The van der Waals surface area contributed by atoms with Crippen molar-refractivity contribution in [2.24, 2.45) is 0 Å². The number of hydrogen-bond donors (Lipinski definition) is 2. The molecule has 0 aliphatic heterocycles. The predicted molar refractivity (Wildman–Crippen MR) is 108 cm³/mol. The topological polar surface area (TPSA) is 64.9 Å². The molecule has 3 aromatic carbocycles. The van der Waals surface area contributed by atoms with Crippen LogP contribution in [-0.2, 0) is 6.42 Å². The molecule has 0 radical (unpaired) electrons. The average molecular weight is 327 g/mol. The second kappa shape index (κ2) is 5.78. The molecule has 0 saturated carbocycles. The van der Waals surface area contributed by atoms with E-state index in [0.717, 1.165) is 33.8 Å². The van der Waals surface area contributed by atoms with Gasteiger partial charge in [-0.15, -0.1) is 0 Å². The third-order valence-corrected chi connectivity index (χ3v) is 5.05. The van der Waals surface area contributed by atoms with Crippen molar-refractivity contribution in [1.82, 2.24) is 4.98 Å². The second-order valence-corrected chi connectivity index (χ2v) is 6.43. The van der Waals surface area contributed by atoms with Gasteiger partial charge in [0, 0.05) is 28.2 Å². The van der Waals surface area contributed by atoms with Gasteiger partial charge in [0.1, 0.15) is 5.82 Å². The Hall–Kier alpha value is -3.07. The highest BCUT2D eigenvalue weighted by Crippen LogP contribution is 2.38. The lowest BCUT2D eigenvalue weighted by Crippen LogP contribution is -1.98. The van der Waals surface area contributed by atoms with Crippen LogP contribution < -0.4 is 11.5 Å². The molecule has 3 nitrogen and oxygen atoms in total. The molecule has 0 saturated heterocycles. The predicted octanol–water partition coefficient (Wildman–Crippen LogP) is 5.09. The van der Waals surface area contributed by atoms with Crippen LogP contribution in [0.15, 0.2) is 54.7 Å². The van der Waals surface area contributed by atoms with Crippen LogP contribution in [0.25, 0.3) is 32.7 Å². The second-order valence-electron chi connectivity index (χ2n) is 6.43. The fourth-order valence-corrected chi connectivity index (χ4v) is 3.75. The summed E-state index contributed by atoms with van der Waals surface area (Å²) in [4.78, 5) is 4.21. The lowest BCUT2D eigenvalue weighted by molar-refractivity contribution is 1.16. The minimum atomic E-state index is 0.570. The number of aromatic nitrogens is 1. The van der Waals surface area contributed by atoms with Gasteiger partial charge in [0.05, 0.1) is 0 Å². The molecule has 4 rings (SSSR count). The highest BCUT2D eigenvalue weighted by molar-refractivity contribution is 6.04. The van der Waals surface area contributed by atoms with Gasteiger partial charge in [0.15, 0.2) is 0 Å². The van der Waals surface area contributed by atoms with Crippen LogP contribution in [0.5, 0.6) is 0 Å². The van der Waals surface area contributed by atoms with Crippen LogP contribution in [0.2, 0.25) is 0 Å². The van der Waals surface area contributed by atoms with E-state index in [1.165, 1.54) is 22.1 Å². The first kappa shape index (κ1) is 15.5. The third-order valence-electron chi connectivity index (χ3n) is 5.05. The van der Waals surface area contributed by atoms with Crippen molar-refractivity contribution in [3.8, 4) is 11.1 Å². The van der Waals surface area contributed by atoms with Gasteiger partial charge >= 0.3 is 0 Å². The van der Waals surface area contributed by atoms with Gasteiger partial charge < -0.3 is 11.5 Å². The van der Waals surface area contributed by atoms with E-state index in [1.807, 2.05) is 12.1 Å². The molecule has 0 atom stereocenters. The number of benzene rings is 3. The molecule has 1 heterocycles. The van der Waals surface area contributed by atoms with Gasteiger partial charge in [-0.3, -0.25) is 0 Å². The van der Waals surface area contributed by atoms with Gasteiger partial charge in [-0.2, -0.15) is 0 Å². The summed E-state index contributed by atoms with van der Waals surface area (Å²) in [6.45, 7) is 4.28. The molecule has 4 N–H and O–H groups in total. The van der Waals surface area contributed by atoms with Gasteiger partial charge in [-0.1, -0.05) is 49.4 Å². The summed E-state index contributed by atoms with van der Waals surface area (Å²) in [5, 5.41) is 4.46. The smallest absolute Gasteiger partial charge is 0.131 e. The van der Waals surface area contributed by atoms with E-state index < -0.39 is 0 Å². The monoisotopic (exact) mass is 327 g/mol. The van der Waals surface area contributed by atoms with Gasteiger partial charge in [0.2, 0.25) is 0 Å². The highest BCUT2D eigenvalue weighted by Gasteiger charge is 2.14. The maximum absolute atomic E-state index is 6.58. The van der Waals surface area contributed by atoms with Gasteiger partial charge in [-0.25, -0.2) is 4.98 Å². The Morgan fingerprint density at radius 3 is 2.36 bits per heavy atom. The minimum Gasteiger partial charge on any atom is -0.398 e. The van der Waals surface area contributed by atoms with Crippen LogP contribution in [-0.4, -0.2) is 4.98 Å². The van der Waals surface area contributed by atoms with Crippen molar-refractivity contribution in [3.05, 3.63) is 65.9 Å². The lowest BCUT2D eigenvalue weighted by Gasteiger charge is -2.16. The molecular weight excluding hydrogens is 306 g/mol. The van der Waals surface area contributed by atoms with E-state index in [4.69, 9.17) is 11.5 Å². The molecule has 0 aliphatic rings. The summed E-state index contributed by atoms with van der Waals surface area (Å²) in [6, 6.07) is 16.8. The molecule has 1 aromatic heterocycles. The zero-order valence-electron chi connectivity index (χ0n) is 14.5. The molecule has 25 heavy (non-hydrogen) atoms. The van der Waals surface area contributed by atoms with Crippen molar-refractivity contribution >= 4 is 33.1 Å². The largest absolute Gasteiger partial charge is 0.398 e. The summed E-state index contributed by atoms with van der Waals surface area (Å²) >= 11 is 0. The Kier molecular flexibility index (Phi) is 3.57. The van der Waals surface area contributed by atoms with E-state index in [9.17, 15) is 0 Å². The first-order chi connectivity index (χ1) is 12.1. The fraction of sp³-hybridized carbons (Fsp3) is 0.136. The highest BCUT2D eigenvalue weighted by atomic mass is 14.8. The number of fused-ring (bicyclic) bond motifs is 2. The summed E-state index contributed by atoms with van der Waals surface area (Å²) in [5.41, 5.74) is 18.2. The number of hydrogen-bond acceptors (Lipinski definition) is 3. The number of rotatable bonds is 2. The first-order valence-electron chi connectivity index (χ1n) is 8.56. The number of nitrogens with two attached hydrogens (primary N) is 2. The average Bonchev–Trinajstić information content (AvgIpc) is 2.62.